The molecule has 0 saturated carbocycles. The molecule has 5 atom stereocenters. The third kappa shape index (κ3) is 4.61. The van der Waals surface area contributed by atoms with Crippen molar-refractivity contribution in [1.82, 2.24) is 10.2 Å². The summed E-state index contributed by atoms with van der Waals surface area (Å²) in [4.78, 5) is 39.4. The molecule has 0 aliphatic carbocycles. The number of aliphatic imine (C=N–C) groups is 3. The average molecular weight is 496 g/mol. The van der Waals surface area contributed by atoms with E-state index in [9.17, 15) is 14.7 Å². The molecule has 12 heteroatoms. The number of aliphatic hydroxyl groups excluding tert-OH is 1. The van der Waals surface area contributed by atoms with E-state index in [4.69, 9.17) is 13.9 Å². The normalized spacial score (nSPS) is 31.6. The number of methoxy groups -OCH3 is 1. The first-order valence-electron chi connectivity index (χ1n) is 11.5. The number of rotatable bonds is 6. The summed E-state index contributed by atoms with van der Waals surface area (Å²) in [5, 5.41) is 12.6. The Balaban J connectivity index is 1.93. The summed E-state index contributed by atoms with van der Waals surface area (Å²) in [7, 11) is -0.676. The summed E-state index contributed by atoms with van der Waals surface area (Å²) in [5.74, 6) is -0.985. The highest BCUT2D eigenvalue weighted by Crippen LogP contribution is 2.41. The second-order valence-corrected chi connectivity index (χ2v) is 15.6. The zero-order valence-electron chi connectivity index (χ0n) is 21.4. The van der Waals surface area contributed by atoms with Crippen LogP contribution < -0.4 is 5.32 Å². The van der Waals surface area contributed by atoms with Gasteiger partial charge in [0.05, 0.1) is 12.9 Å². The van der Waals surface area contributed by atoms with E-state index in [1.165, 1.54) is 6.34 Å². The fourth-order valence-electron chi connectivity index (χ4n) is 3.67. The Kier molecular flexibility index (Phi) is 7.22. The van der Waals surface area contributed by atoms with Crippen molar-refractivity contribution in [3.63, 3.8) is 0 Å². The number of carbonyl (C=O) groups excluding carboxylic acids is 2. The van der Waals surface area contributed by atoms with Gasteiger partial charge in [0.2, 0.25) is 11.9 Å². The van der Waals surface area contributed by atoms with Gasteiger partial charge in [-0.3, -0.25) is 24.8 Å². The van der Waals surface area contributed by atoms with E-state index in [1.54, 1.807) is 32.8 Å². The maximum absolute atomic E-state index is 12.9. The van der Waals surface area contributed by atoms with Crippen LogP contribution in [0, 0.1) is 5.92 Å². The lowest BCUT2D eigenvalue weighted by molar-refractivity contribution is -0.122. The van der Waals surface area contributed by atoms with E-state index in [-0.39, 0.29) is 35.3 Å². The molecule has 0 aromatic rings. The topological polar surface area (TPSA) is 134 Å². The van der Waals surface area contributed by atoms with Gasteiger partial charge < -0.3 is 19.0 Å². The van der Waals surface area contributed by atoms with E-state index >= 15 is 0 Å². The predicted molar refractivity (Wildman–Crippen MR) is 130 cm³/mol. The van der Waals surface area contributed by atoms with Gasteiger partial charge in [0.1, 0.15) is 18.3 Å². The molecule has 34 heavy (non-hydrogen) atoms. The quantitative estimate of drug-likeness (QED) is 0.530. The minimum Gasteiger partial charge on any atom is -0.408 e. The van der Waals surface area contributed by atoms with Crippen molar-refractivity contribution in [3.8, 4) is 0 Å². The van der Waals surface area contributed by atoms with Crippen LogP contribution in [0.1, 0.15) is 41.5 Å². The SMILES string of the molecule is CO[C@@H]1[C@H](O[Si](C)(C)C(C)(C)C)[C@@H](CO)O[C@H]1N1C=N[C@]2(C)C(=O)N=C(NC(=O)C(C)C)N=C12. The minimum absolute atomic E-state index is 0.0586. The molecule has 2 N–H and O–H groups in total. The number of nitrogens with one attached hydrogen (secondary N) is 1. The van der Waals surface area contributed by atoms with Crippen molar-refractivity contribution in [2.45, 2.75) is 89.8 Å². The summed E-state index contributed by atoms with van der Waals surface area (Å²) in [6, 6.07) is 0. The van der Waals surface area contributed by atoms with Crippen LogP contribution in [-0.4, -0.2) is 92.1 Å². The maximum Gasteiger partial charge on any atom is 0.284 e. The van der Waals surface area contributed by atoms with Crippen LogP contribution in [0.25, 0.3) is 0 Å². The van der Waals surface area contributed by atoms with Gasteiger partial charge in [-0.1, -0.05) is 34.6 Å². The number of nitrogens with zero attached hydrogens (tertiary/aromatic N) is 4. The van der Waals surface area contributed by atoms with E-state index in [0.29, 0.717) is 0 Å². The molecule has 0 aromatic heterocycles. The van der Waals surface area contributed by atoms with Crippen LogP contribution in [0.5, 0.6) is 0 Å². The molecule has 0 aromatic carbocycles. The molecule has 2 amide bonds. The number of aliphatic hydroxyl groups is 1. The number of guanidine groups is 1. The Morgan fingerprint density at radius 3 is 2.50 bits per heavy atom. The van der Waals surface area contributed by atoms with Crippen LogP contribution >= 0.6 is 0 Å². The molecule has 190 valence electrons. The molecule has 1 saturated heterocycles. The number of hydrogen-bond donors (Lipinski definition) is 2. The number of fused-ring (bicyclic) bond motifs is 1. The Morgan fingerprint density at radius 2 is 1.97 bits per heavy atom. The molecule has 1 fully saturated rings. The van der Waals surface area contributed by atoms with Gasteiger partial charge in [0, 0.05) is 13.0 Å². The van der Waals surface area contributed by atoms with Crippen LogP contribution in [-0.2, 0) is 23.5 Å². The smallest absolute Gasteiger partial charge is 0.284 e. The fourth-order valence-corrected chi connectivity index (χ4v) is 4.99. The van der Waals surface area contributed by atoms with Crippen LogP contribution in [0.3, 0.4) is 0 Å². The van der Waals surface area contributed by atoms with Gasteiger partial charge in [-0.2, -0.15) is 9.98 Å². The van der Waals surface area contributed by atoms with Crippen molar-refractivity contribution in [1.29, 1.82) is 0 Å². The predicted octanol–water partition coefficient (Wildman–Crippen LogP) is 1.28. The van der Waals surface area contributed by atoms with E-state index in [0.717, 1.165) is 0 Å². The molecular weight excluding hydrogens is 458 g/mol. The zero-order valence-corrected chi connectivity index (χ0v) is 22.4. The van der Waals surface area contributed by atoms with Gasteiger partial charge in [0.15, 0.2) is 25.9 Å². The standard InChI is InChI=1S/C22H37N5O6Si/c1-12(2)16(29)24-20-25-18-22(6,19(30)26-20)23-11-27(18)17-15(31-7)14(13(10-28)32-17)33-34(8,9)21(3,4)5/h11-15,17,28H,10H2,1-9H3,(H,24,26,29,30)/t13-,14-,15-,17-,22+/m1/s1. The lowest BCUT2D eigenvalue weighted by atomic mass is 9.99. The van der Waals surface area contributed by atoms with Crippen molar-refractivity contribution >= 4 is 38.3 Å². The molecule has 0 bridgehead atoms. The summed E-state index contributed by atoms with van der Waals surface area (Å²) in [5.41, 5.74) is -1.35. The number of carbonyl (C=O) groups is 2. The van der Waals surface area contributed by atoms with Gasteiger partial charge in [-0.15, -0.1) is 0 Å². The van der Waals surface area contributed by atoms with Gasteiger partial charge in [0.25, 0.3) is 5.91 Å². The zero-order chi connectivity index (χ0) is 25.6. The van der Waals surface area contributed by atoms with Gasteiger partial charge >= 0.3 is 0 Å². The second-order valence-electron chi connectivity index (χ2n) is 10.8. The number of hydrogen-bond acceptors (Lipinski definition) is 9. The lowest BCUT2D eigenvalue weighted by Gasteiger charge is -2.40. The van der Waals surface area contributed by atoms with E-state index in [2.05, 4.69) is 54.2 Å². The third-order valence-corrected chi connectivity index (χ3v) is 11.4. The average Bonchev–Trinajstić information content (AvgIpc) is 3.24. The summed E-state index contributed by atoms with van der Waals surface area (Å²) in [6.07, 6.45) is -1.05. The second kappa shape index (κ2) is 9.23. The molecule has 0 unspecified atom stereocenters. The Labute approximate surface area is 201 Å². The number of amidine groups is 1. The first kappa shape index (κ1) is 26.6. The highest BCUT2D eigenvalue weighted by atomic mass is 28.4. The van der Waals surface area contributed by atoms with Crippen molar-refractivity contribution in [2.24, 2.45) is 20.9 Å². The van der Waals surface area contributed by atoms with E-state index in [1.807, 2.05) is 0 Å². The highest BCUT2D eigenvalue weighted by molar-refractivity contribution is 6.74. The molecule has 0 radical (unpaired) electrons. The molecule has 0 spiro atoms. The van der Waals surface area contributed by atoms with Crippen molar-refractivity contribution in [2.75, 3.05) is 13.7 Å². The summed E-state index contributed by atoms with van der Waals surface area (Å²) in [6.45, 7) is 15.5. The first-order valence-corrected chi connectivity index (χ1v) is 14.4. The Morgan fingerprint density at radius 1 is 1.32 bits per heavy atom. The number of ether oxygens (including phenoxy) is 2. The molecule has 3 aliphatic rings. The third-order valence-electron chi connectivity index (χ3n) is 6.96. The summed E-state index contributed by atoms with van der Waals surface area (Å²) < 4.78 is 18.6. The number of amides is 2. The molecule has 3 rings (SSSR count). The molecule has 3 heterocycles. The van der Waals surface area contributed by atoms with Crippen LogP contribution in [0.2, 0.25) is 18.1 Å². The minimum atomic E-state index is -2.23. The fraction of sp³-hybridized carbons (Fsp3) is 0.773. The highest BCUT2D eigenvalue weighted by Gasteiger charge is 2.57. The molecule has 11 nitrogen and oxygen atoms in total. The van der Waals surface area contributed by atoms with Crippen LogP contribution in [0.15, 0.2) is 15.0 Å². The first-order chi connectivity index (χ1) is 15.7. The maximum atomic E-state index is 12.9. The lowest BCUT2D eigenvalue weighted by Crippen LogP contribution is -2.55. The van der Waals surface area contributed by atoms with Gasteiger partial charge in [-0.05, 0) is 25.1 Å². The largest absolute Gasteiger partial charge is 0.408 e. The molecular formula is C22H37N5O6Si. The summed E-state index contributed by atoms with van der Waals surface area (Å²) >= 11 is 0. The Hall–Kier alpha value is -1.99. The van der Waals surface area contributed by atoms with Crippen LogP contribution in [0.4, 0.5) is 0 Å². The Bertz CT molecular complexity index is 927. The molecule has 3 aliphatic heterocycles. The van der Waals surface area contributed by atoms with Gasteiger partial charge in [-0.25, -0.2) is 0 Å². The monoisotopic (exact) mass is 495 g/mol. The van der Waals surface area contributed by atoms with Crippen molar-refractivity contribution < 1.29 is 28.6 Å². The van der Waals surface area contributed by atoms with E-state index < -0.39 is 44.3 Å². The van der Waals surface area contributed by atoms with Crippen molar-refractivity contribution in [3.05, 3.63) is 0 Å².